The Kier molecular flexibility index (Phi) is 7.10. The van der Waals surface area contributed by atoms with Gasteiger partial charge in [-0.2, -0.15) is 0 Å². The molecule has 0 bridgehead atoms. The number of halogens is 1. The van der Waals surface area contributed by atoms with Gasteiger partial charge in [0.1, 0.15) is 17.6 Å². The standard InChI is InChI=1S/C27H23FN2O6/c1-35-22-13-7-18(8-14-22)25(32)29(16-17-3-9-20(28)10-4-17)23-15-24(31)30(26(23)33)21-11-5-19(6-12-21)27(34)36-2/h3-14,23H,15-16H2,1-2H3. The molecule has 0 radical (unpaired) electrons. The van der Waals surface area contributed by atoms with Gasteiger partial charge in [0, 0.05) is 12.1 Å². The number of carbonyl (C=O) groups excluding carboxylic acids is 4. The van der Waals surface area contributed by atoms with Gasteiger partial charge in [-0.3, -0.25) is 14.4 Å². The Hall–Kier alpha value is -4.53. The molecule has 1 heterocycles. The van der Waals surface area contributed by atoms with E-state index in [1.54, 1.807) is 24.3 Å². The monoisotopic (exact) mass is 490 g/mol. The highest BCUT2D eigenvalue weighted by molar-refractivity contribution is 6.23. The van der Waals surface area contributed by atoms with E-state index in [-0.39, 0.29) is 24.2 Å². The van der Waals surface area contributed by atoms with Crippen molar-refractivity contribution >= 4 is 29.4 Å². The summed E-state index contributed by atoms with van der Waals surface area (Å²) < 4.78 is 23.3. The van der Waals surface area contributed by atoms with Crippen LogP contribution >= 0.6 is 0 Å². The lowest BCUT2D eigenvalue weighted by Crippen LogP contribution is -2.45. The predicted octanol–water partition coefficient (Wildman–Crippen LogP) is 3.60. The largest absolute Gasteiger partial charge is 0.497 e. The Balaban J connectivity index is 1.65. The number of rotatable bonds is 7. The Labute approximate surface area is 206 Å². The first-order chi connectivity index (χ1) is 17.3. The van der Waals surface area contributed by atoms with E-state index in [9.17, 15) is 23.6 Å². The van der Waals surface area contributed by atoms with Gasteiger partial charge >= 0.3 is 5.97 Å². The minimum atomic E-state index is -1.07. The lowest BCUT2D eigenvalue weighted by molar-refractivity contribution is -0.122. The van der Waals surface area contributed by atoms with E-state index >= 15 is 0 Å². The van der Waals surface area contributed by atoms with Crippen molar-refractivity contribution < 1.29 is 33.0 Å². The highest BCUT2D eigenvalue weighted by Crippen LogP contribution is 2.28. The topological polar surface area (TPSA) is 93.2 Å². The van der Waals surface area contributed by atoms with Crippen molar-refractivity contribution in [3.05, 3.63) is 95.3 Å². The Bertz CT molecular complexity index is 1290. The normalized spacial score (nSPS) is 15.1. The summed E-state index contributed by atoms with van der Waals surface area (Å²) in [5.74, 6) is -1.94. The molecule has 3 amide bonds. The molecule has 3 aromatic rings. The quantitative estimate of drug-likeness (QED) is 0.371. The number of esters is 1. The predicted molar refractivity (Wildman–Crippen MR) is 128 cm³/mol. The molecule has 8 nitrogen and oxygen atoms in total. The van der Waals surface area contributed by atoms with Crippen LogP contribution in [0.2, 0.25) is 0 Å². The summed E-state index contributed by atoms with van der Waals surface area (Å²) in [5.41, 5.74) is 1.45. The van der Waals surface area contributed by atoms with Gasteiger partial charge in [0.2, 0.25) is 5.91 Å². The average molecular weight is 490 g/mol. The lowest BCUT2D eigenvalue weighted by atomic mass is 10.1. The first-order valence-corrected chi connectivity index (χ1v) is 11.1. The lowest BCUT2D eigenvalue weighted by Gasteiger charge is -2.28. The van der Waals surface area contributed by atoms with E-state index in [4.69, 9.17) is 4.74 Å². The van der Waals surface area contributed by atoms with Crippen LogP contribution in [0.4, 0.5) is 10.1 Å². The van der Waals surface area contributed by atoms with Crippen LogP contribution in [-0.4, -0.2) is 48.9 Å². The maximum absolute atomic E-state index is 13.5. The molecule has 3 aromatic carbocycles. The molecule has 1 fully saturated rings. The first-order valence-electron chi connectivity index (χ1n) is 11.1. The van der Waals surface area contributed by atoms with E-state index in [0.717, 1.165) is 4.90 Å². The maximum Gasteiger partial charge on any atom is 0.337 e. The molecule has 0 saturated carbocycles. The van der Waals surface area contributed by atoms with Gasteiger partial charge in [-0.15, -0.1) is 0 Å². The number of hydrogen-bond acceptors (Lipinski definition) is 6. The number of amides is 3. The van der Waals surface area contributed by atoms with Crippen molar-refractivity contribution in [2.45, 2.75) is 19.0 Å². The van der Waals surface area contributed by atoms with Gasteiger partial charge in [-0.05, 0) is 66.2 Å². The van der Waals surface area contributed by atoms with Crippen molar-refractivity contribution in [3.63, 3.8) is 0 Å². The average Bonchev–Trinajstić information content (AvgIpc) is 3.20. The molecule has 0 spiro atoms. The van der Waals surface area contributed by atoms with E-state index < -0.39 is 35.5 Å². The van der Waals surface area contributed by atoms with Crippen LogP contribution in [0.5, 0.6) is 5.75 Å². The zero-order chi connectivity index (χ0) is 25.8. The molecular weight excluding hydrogens is 467 g/mol. The molecule has 0 N–H and O–H groups in total. The number of hydrogen-bond donors (Lipinski definition) is 0. The Morgan fingerprint density at radius 2 is 1.53 bits per heavy atom. The number of ether oxygens (including phenoxy) is 2. The zero-order valence-corrected chi connectivity index (χ0v) is 19.6. The van der Waals surface area contributed by atoms with Gasteiger partial charge in [0.15, 0.2) is 0 Å². The highest BCUT2D eigenvalue weighted by Gasteiger charge is 2.44. The molecule has 0 aliphatic carbocycles. The van der Waals surface area contributed by atoms with Crippen LogP contribution < -0.4 is 9.64 Å². The third-order valence-corrected chi connectivity index (χ3v) is 5.91. The molecule has 1 aliphatic heterocycles. The highest BCUT2D eigenvalue weighted by atomic mass is 19.1. The second-order valence-corrected chi connectivity index (χ2v) is 8.11. The van der Waals surface area contributed by atoms with E-state index in [1.165, 1.54) is 67.7 Å². The summed E-state index contributed by atoms with van der Waals surface area (Å²) >= 11 is 0. The SMILES string of the molecule is COC(=O)c1ccc(N2C(=O)CC(N(Cc3ccc(F)cc3)C(=O)c3ccc(OC)cc3)C2=O)cc1. The number of methoxy groups -OCH3 is 2. The molecule has 184 valence electrons. The molecule has 4 rings (SSSR count). The number of imide groups is 1. The third kappa shape index (κ3) is 4.95. The van der Waals surface area contributed by atoms with E-state index in [1.807, 2.05) is 0 Å². The molecule has 1 aliphatic rings. The number of benzene rings is 3. The molecule has 1 atom stereocenters. The van der Waals surface area contributed by atoms with Crippen molar-refractivity contribution in [2.24, 2.45) is 0 Å². The van der Waals surface area contributed by atoms with Crippen molar-refractivity contribution in [1.29, 1.82) is 0 Å². The fraction of sp³-hybridized carbons (Fsp3) is 0.185. The fourth-order valence-corrected chi connectivity index (χ4v) is 4.00. The minimum Gasteiger partial charge on any atom is -0.497 e. The number of carbonyl (C=O) groups is 4. The van der Waals surface area contributed by atoms with Crippen LogP contribution in [0.1, 0.15) is 32.7 Å². The first kappa shape index (κ1) is 24.6. The smallest absolute Gasteiger partial charge is 0.337 e. The summed E-state index contributed by atoms with van der Waals surface area (Å²) in [7, 11) is 2.76. The van der Waals surface area contributed by atoms with Crippen molar-refractivity contribution in [3.8, 4) is 5.75 Å². The van der Waals surface area contributed by atoms with Crippen LogP contribution in [-0.2, 0) is 20.9 Å². The summed E-state index contributed by atoms with van der Waals surface area (Å²) in [6.45, 7) is -0.00997. The summed E-state index contributed by atoms with van der Waals surface area (Å²) in [5, 5.41) is 0. The molecule has 36 heavy (non-hydrogen) atoms. The van der Waals surface area contributed by atoms with E-state index in [0.29, 0.717) is 16.9 Å². The van der Waals surface area contributed by atoms with Gasteiger partial charge < -0.3 is 14.4 Å². The summed E-state index contributed by atoms with van der Waals surface area (Å²) in [6.07, 6.45) is -0.222. The maximum atomic E-state index is 13.5. The zero-order valence-electron chi connectivity index (χ0n) is 19.6. The molecular formula is C27H23FN2O6. The van der Waals surface area contributed by atoms with Crippen LogP contribution in [0.25, 0.3) is 0 Å². The number of anilines is 1. The second-order valence-electron chi connectivity index (χ2n) is 8.11. The molecule has 1 saturated heterocycles. The molecule has 0 aromatic heterocycles. The summed E-state index contributed by atoms with van der Waals surface area (Å²) in [6, 6.07) is 16.7. The fourth-order valence-electron chi connectivity index (χ4n) is 4.00. The van der Waals surface area contributed by atoms with Gasteiger partial charge in [-0.1, -0.05) is 12.1 Å². The van der Waals surface area contributed by atoms with Crippen LogP contribution in [0.15, 0.2) is 72.8 Å². The van der Waals surface area contributed by atoms with Crippen LogP contribution in [0.3, 0.4) is 0 Å². The van der Waals surface area contributed by atoms with Crippen molar-refractivity contribution in [1.82, 2.24) is 4.90 Å². The second kappa shape index (κ2) is 10.4. The van der Waals surface area contributed by atoms with Gasteiger partial charge in [-0.25, -0.2) is 14.1 Å². The third-order valence-electron chi connectivity index (χ3n) is 5.91. The molecule has 1 unspecified atom stereocenters. The van der Waals surface area contributed by atoms with Crippen LogP contribution in [0, 0.1) is 5.82 Å². The van der Waals surface area contributed by atoms with Gasteiger partial charge in [0.05, 0.1) is 31.9 Å². The minimum absolute atomic E-state index is 0.00997. The molecule has 9 heteroatoms. The summed E-state index contributed by atoms with van der Waals surface area (Å²) in [4.78, 5) is 53.9. The Morgan fingerprint density at radius 3 is 2.11 bits per heavy atom. The van der Waals surface area contributed by atoms with Gasteiger partial charge in [0.25, 0.3) is 11.8 Å². The van der Waals surface area contributed by atoms with Crippen molar-refractivity contribution in [2.75, 3.05) is 19.1 Å². The van der Waals surface area contributed by atoms with E-state index in [2.05, 4.69) is 4.74 Å². The number of nitrogens with zero attached hydrogens (tertiary/aromatic N) is 2. The Morgan fingerprint density at radius 1 is 0.917 bits per heavy atom.